The summed E-state index contributed by atoms with van der Waals surface area (Å²) in [5.41, 5.74) is 0. The molecule has 0 saturated carbocycles. The molecule has 0 heterocycles. The molecule has 0 aromatic rings. The molecule has 0 aromatic carbocycles. The van der Waals surface area contributed by atoms with Crippen molar-refractivity contribution in [1.29, 1.82) is 10.5 Å². The van der Waals surface area contributed by atoms with Crippen LogP contribution in [0.2, 0.25) is 0 Å². The van der Waals surface area contributed by atoms with E-state index in [1.54, 1.807) is 0 Å². The first-order chi connectivity index (χ1) is 5.55. The van der Waals surface area contributed by atoms with Gasteiger partial charge in [0.2, 0.25) is 0 Å². The molecule has 0 aliphatic rings. The fraction of sp³-hybridized carbons (Fsp3) is 0.800. The monoisotopic (exact) mass is 225 g/mol. The number of hydrogen-bond acceptors (Lipinski definition) is 2. The maximum absolute atomic E-state index is 6.25. The van der Waals surface area contributed by atoms with Gasteiger partial charge in [-0.2, -0.15) is 0 Å². The zero-order valence-corrected chi connectivity index (χ0v) is 10.0. The Kier molecular flexibility index (Phi) is 30.9. The van der Waals surface area contributed by atoms with E-state index < -0.39 is 0 Å². The van der Waals surface area contributed by atoms with Gasteiger partial charge in [-0.15, -0.1) is 0 Å². The molecular weight excluding hydrogens is 207 g/mol. The molecule has 3 heteroatoms. The molecule has 0 N–H and O–H groups in total. The van der Waals surface area contributed by atoms with Crippen LogP contribution in [0.1, 0.15) is 34.6 Å². The van der Waals surface area contributed by atoms with Crippen molar-refractivity contribution in [2.75, 3.05) is 0 Å². The van der Waals surface area contributed by atoms with Gasteiger partial charge < -0.3 is 23.7 Å². The van der Waals surface area contributed by atoms with E-state index in [0.717, 1.165) is 17.8 Å². The van der Waals surface area contributed by atoms with Crippen molar-refractivity contribution in [3.63, 3.8) is 0 Å². The van der Waals surface area contributed by atoms with Crippen LogP contribution >= 0.6 is 0 Å². The largest absolute Gasteiger partial charge is 0.512 e. The molecular formula is C10H18CoN2-2. The minimum absolute atomic E-state index is 0. The van der Waals surface area contributed by atoms with E-state index in [1.165, 1.54) is 0 Å². The SMILES string of the molecule is CC(C)C(C)C(C)C.[C-]#N.[C-]#N.[Co]. The standard InChI is InChI=1S/C8H18.2CN.Co/c1-6(2)8(5)7(3)4;2*1-2;/h6-8H,1-5H3;;;/q;2*-1;. The molecule has 0 bridgehead atoms. The van der Waals surface area contributed by atoms with Crippen molar-refractivity contribution >= 4 is 0 Å². The molecule has 0 unspecified atom stereocenters. The van der Waals surface area contributed by atoms with Gasteiger partial charge in [0.15, 0.2) is 0 Å². The number of rotatable bonds is 2. The summed E-state index contributed by atoms with van der Waals surface area (Å²) >= 11 is 0. The van der Waals surface area contributed by atoms with Gasteiger partial charge in [0.1, 0.15) is 0 Å². The Balaban J connectivity index is -0.0000000712. The second-order valence-corrected chi connectivity index (χ2v) is 3.35. The van der Waals surface area contributed by atoms with Crippen molar-refractivity contribution in [2.24, 2.45) is 17.8 Å². The Morgan fingerprint density at radius 2 is 0.846 bits per heavy atom. The summed E-state index contributed by atoms with van der Waals surface area (Å²) in [5.74, 6) is 2.56. The molecule has 13 heavy (non-hydrogen) atoms. The first-order valence-corrected chi connectivity index (χ1v) is 4.00. The van der Waals surface area contributed by atoms with Crippen LogP contribution in [0.5, 0.6) is 0 Å². The second-order valence-electron chi connectivity index (χ2n) is 3.35. The third kappa shape index (κ3) is 18.4. The summed E-state index contributed by atoms with van der Waals surface area (Å²) in [5, 5.41) is 12.5. The Hall–Kier alpha value is -0.514. The Bertz CT molecular complexity index is 103. The van der Waals surface area contributed by atoms with Crippen LogP contribution < -0.4 is 0 Å². The maximum Gasteiger partial charge on any atom is 0 e. The molecule has 0 aliphatic heterocycles. The van der Waals surface area contributed by atoms with Gasteiger partial charge >= 0.3 is 0 Å². The zero-order chi connectivity index (χ0) is 10.7. The Morgan fingerprint density at radius 3 is 0.846 bits per heavy atom. The van der Waals surface area contributed by atoms with Crippen LogP contribution in [0.25, 0.3) is 0 Å². The molecule has 0 aliphatic carbocycles. The van der Waals surface area contributed by atoms with Crippen molar-refractivity contribution < 1.29 is 16.8 Å². The van der Waals surface area contributed by atoms with E-state index in [-0.39, 0.29) is 16.8 Å². The molecule has 0 aromatic heterocycles. The normalized spacial score (nSPS) is 7.69. The van der Waals surface area contributed by atoms with Crippen LogP contribution in [0.3, 0.4) is 0 Å². The molecule has 0 saturated heterocycles. The van der Waals surface area contributed by atoms with E-state index in [2.05, 4.69) is 34.6 Å². The molecule has 79 valence electrons. The first kappa shape index (κ1) is 22.9. The van der Waals surface area contributed by atoms with Gasteiger partial charge in [-0.25, -0.2) is 0 Å². The minimum Gasteiger partial charge on any atom is -0.512 e. The van der Waals surface area contributed by atoms with Crippen molar-refractivity contribution in [3.05, 3.63) is 13.1 Å². The van der Waals surface area contributed by atoms with E-state index >= 15 is 0 Å². The van der Waals surface area contributed by atoms with Gasteiger partial charge in [0, 0.05) is 16.8 Å². The van der Waals surface area contributed by atoms with Crippen LogP contribution in [-0.2, 0) is 16.8 Å². The maximum atomic E-state index is 6.25. The fourth-order valence-corrected chi connectivity index (χ4v) is 0.770. The summed E-state index contributed by atoms with van der Waals surface area (Å²) in [6.45, 7) is 20.9. The summed E-state index contributed by atoms with van der Waals surface area (Å²) in [4.78, 5) is 0. The van der Waals surface area contributed by atoms with Gasteiger partial charge in [-0.3, -0.25) is 0 Å². The molecule has 0 fully saturated rings. The van der Waals surface area contributed by atoms with Crippen molar-refractivity contribution in [1.82, 2.24) is 0 Å². The fourth-order valence-electron chi connectivity index (χ4n) is 0.770. The predicted molar refractivity (Wildman–Crippen MR) is 48.8 cm³/mol. The summed E-state index contributed by atoms with van der Waals surface area (Å²) in [6.07, 6.45) is 0. The van der Waals surface area contributed by atoms with Crippen LogP contribution in [-0.4, -0.2) is 0 Å². The van der Waals surface area contributed by atoms with E-state index in [1.807, 2.05) is 0 Å². The van der Waals surface area contributed by atoms with Gasteiger partial charge in [-0.1, -0.05) is 34.6 Å². The molecule has 0 amide bonds. The van der Waals surface area contributed by atoms with Crippen LogP contribution in [0.4, 0.5) is 0 Å². The minimum atomic E-state index is 0. The quantitative estimate of drug-likeness (QED) is 0.678. The predicted octanol–water partition coefficient (Wildman–Crippen LogP) is 3.12. The smallest absolute Gasteiger partial charge is 0 e. The Labute approximate surface area is 93.1 Å². The number of nitrogens with zero attached hydrogens (tertiary/aromatic N) is 2. The average Bonchev–Trinajstić information content (AvgIpc) is 2.10. The summed E-state index contributed by atoms with van der Waals surface area (Å²) < 4.78 is 0. The first-order valence-electron chi connectivity index (χ1n) is 4.00. The molecule has 0 rings (SSSR count). The molecule has 0 spiro atoms. The average molecular weight is 225 g/mol. The topological polar surface area (TPSA) is 47.6 Å². The van der Waals surface area contributed by atoms with Crippen molar-refractivity contribution in [3.8, 4) is 0 Å². The van der Waals surface area contributed by atoms with E-state index in [9.17, 15) is 0 Å². The van der Waals surface area contributed by atoms with Crippen LogP contribution in [0.15, 0.2) is 0 Å². The third-order valence-electron chi connectivity index (χ3n) is 2.10. The molecule has 0 atom stereocenters. The van der Waals surface area contributed by atoms with Gasteiger partial charge in [0.25, 0.3) is 0 Å². The van der Waals surface area contributed by atoms with E-state index in [4.69, 9.17) is 23.7 Å². The van der Waals surface area contributed by atoms with E-state index in [0.29, 0.717) is 0 Å². The summed E-state index contributed by atoms with van der Waals surface area (Å²) in [7, 11) is 0. The van der Waals surface area contributed by atoms with Crippen molar-refractivity contribution in [2.45, 2.75) is 34.6 Å². The van der Waals surface area contributed by atoms with Gasteiger partial charge in [0.05, 0.1) is 0 Å². The summed E-state index contributed by atoms with van der Waals surface area (Å²) in [6, 6.07) is 0. The Morgan fingerprint density at radius 1 is 0.692 bits per heavy atom. The number of hydrogen-bond donors (Lipinski definition) is 0. The van der Waals surface area contributed by atoms with Gasteiger partial charge in [-0.05, 0) is 17.8 Å². The second kappa shape index (κ2) is 17.5. The van der Waals surface area contributed by atoms with Crippen LogP contribution in [0, 0.1) is 41.4 Å². The molecule has 2 nitrogen and oxygen atoms in total. The third-order valence-corrected chi connectivity index (χ3v) is 2.10. The molecule has 1 radical (unpaired) electrons. The zero-order valence-electron chi connectivity index (χ0n) is 8.96.